The van der Waals surface area contributed by atoms with E-state index in [-0.39, 0.29) is 5.97 Å². The van der Waals surface area contributed by atoms with Gasteiger partial charge in [0.1, 0.15) is 0 Å². The summed E-state index contributed by atoms with van der Waals surface area (Å²) in [5.74, 6) is 0.340. The maximum Gasteiger partial charge on any atom is 0.337 e. The Hall–Kier alpha value is -2.27. The normalized spacial score (nSPS) is 11.3. The minimum atomic E-state index is -0.332. The zero-order valence-electron chi connectivity index (χ0n) is 13.1. The summed E-state index contributed by atoms with van der Waals surface area (Å²) in [6.07, 6.45) is 0.875. The van der Waals surface area contributed by atoms with Gasteiger partial charge in [-0.05, 0) is 29.7 Å². The summed E-state index contributed by atoms with van der Waals surface area (Å²) >= 11 is 1.47. The van der Waals surface area contributed by atoms with Crippen LogP contribution in [0.25, 0.3) is 0 Å². The quantitative estimate of drug-likeness (QED) is 0.502. The molecule has 0 aromatic heterocycles. The summed E-state index contributed by atoms with van der Waals surface area (Å²) in [4.78, 5) is 15.9. The van der Waals surface area contributed by atoms with Crippen LogP contribution in [0.15, 0.2) is 59.6 Å². The number of rotatable bonds is 6. The Morgan fingerprint density at radius 2 is 1.87 bits per heavy atom. The number of ether oxygens (including phenoxy) is 1. The molecule has 0 unspecified atom stereocenters. The van der Waals surface area contributed by atoms with Crippen LogP contribution in [0.2, 0.25) is 0 Å². The first kappa shape index (κ1) is 17.1. The van der Waals surface area contributed by atoms with Gasteiger partial charge >= 0.3 is 5.97 Å². The molecule has 0 aliphatic rings. The third-order valence-electron chi connectivity index (χ3n) is 3.25. The molecule has 5 heteroatoms. The Kier molecular flexibility index (Phi) is 6.69. The highest BCUT2D eigenvalue weighted by Crippen LogP contribution is 2.14. The van der Waals surface area contributed by atoms with Crippen molar-refractivity contribution in [3.05, 3.63) is 71.3 Å². The van der Waals surface area contributed by atoms with Crippen LogP contribution < -0.4 is 5.73 Å². The summed E-state index contributed by atoms with van der Waals surface area (Å²) in [5.41, 5.74) is 8.74. The van der Waals surface area contributed by atoms with E-state index >= 15 is 0 Å². The van der Waals surface area contributed by atoms with Crippen molar-refractivity contribution in [2.75, 3.05) is 13.7 Å². The highest BCUT2D eigenvalue weighted by molar-refractivity contribution is 8.13. The molecule has 0 heterocycles. The van der Waals surface area contributed by atoms with Crippen LogP contribution in [0.1, 0.15) is 21.5 Å². The molecular weight excluding hydrogens is 308 g/mol. The molecule has 2 aromatic rings. The third kappa shape index (κ3) is 5.79. The smallest absolute Gasteiger partial charge is 0.337 e. The number of esters is 1. The van der Waals surface area contributed by atoms with Crippen molar-refractivity contribution in [3.8, 4) is 0 Å². The molecule has 0 amide bonds. The molecule has 0 saturated carbocycles. The Labute approximate surface area is 140 Å². The number of amidine groups is 1. The summed E-state index contributed by atoms with van der Waals surface area (Å²) in [5, 5.41) is 0.560. The van der Waals surface area contributed by atoms with E-state index in [2.05, 4.69) is 17.1 Å². The first-order chi connectivity index (χ1) is 11.2. The second-order valence-electron chi connectivity index (χ2n) is 4.94. The van der Waals surface area contributed by atoms with Crippen LogP contribution in [0.4, 0.5) is 0 Å². The summed E-state index contributed by atoms with van der Waals surface area (Å²) in [6.45, 7) is 0.672. The van der Waals surface area contributed by atoms with Gasteiger partial charge in [0.15, 0.2) is 5.17 Å². The number of hydrogen-bond acceptors (Lipinski definition) is 4. The van der Waals surface area contributed by atoms with Crippen molar-refractivity contribution in [1.82, 2.24) is 0 Å². The number of nitrogens with two attached hydrogens (primary N) is 1. The van der Waals surface area contributed by atoms with Gasteiger partial charge in [-0.15, -0.1) is 0 Å². The highest BCUT2D eigenvalue weighted by Gasteiger charge is 2.06. The van der Waals surface area contributed by atoms with Gasteiger partial charge in [-0.25, -0.2) is 4.79 Å². The maximum absolute atomic E-state index is 11.5. The Morgan fingerprint density at radius 3 is 2.61 bits per heavy atom. The Morgan fingerprint density at radius 1 is 1.13 bits per heavy atom. The van der Waals surface area contributed by atoms with Crippen LogP contribution in [0.3, 0.4) is 0 Å². The molecule has 2 rings (SSSR count). The molecule has 0 spiro atoms. The minimum absolute atomic E-state index is 0.332. The lowest BCUT2D eigenvalue weighted by atomic mass is 10.1. The lowest BCUT2D eigenvalue weighted by Crippen LogP contribution is -2.08. The van der Waals surface area contributed by atoms with Gasteiger partial charge in [0.05, 0.1) is 12.7 Å². The molecule has 2 N–H and O–H groups in total. The predicted molar refractivity (Wildman–Crippen MR) is 95.7 cm³/mol. The number of nitrogens with zero attached hydrogens (tertiary/aromatic N) is 1. The second-order valence-corrected chi connectivity index (χ2v) is 5.93. The van der Waals surface area contributed by atoms with E-state index < -0.39 is 0 Å². The van der Waals surface area contributed by atoms with Gasteiger partial charge in [0.25, 0.3) is 0 Å². The molecule has 4 nitrogen and oxygen atoms in total. The molecular formula is C18H20N2O2S. The van der Waals surface area contributed by atoms with Crippen molar-refractivity contribution in [1.29, 1.82) is 0 Å². The zero-order valence-corrected chi connectivity index (χ0v) is 13.9. The van der Waals surface area contributed by atoms with Gasteiger partial charge in [0, 0.05) is 12.3 Å². The van der Waals surface area contributed by atoms with Gasteiger partial charge in [-0.2, -0.15) is 0 Å². The minimum Gasteiger partial charge on any atom is -0.465 e. The van der Waals surface area contributed by atoms with Crippen LogP contribution in [-0.4, -0.2) is 24.8 Å². The average Bonchev–Trinajstić information content (AvgIpc) is 2.60. The molecule has 0 bridgehead atoms. The number of thioether (sulfide) groups is 1. The summed E-state index contributed by atoms with van der Waals surface area (Å²) in [6, 6.07) is 17.5. The fraction of sp³-hybridized carbons (Fsp3) is 0.222. The number of carbonyl (C=O) groups excluding carboxylic acids is 1. The van der Waals surface area contributed by atoms with E-state index in [4.69, 9.17) is 10.5 Å². The highest BCUT2D eigenvalue weighted by atomic mass is 32.2. The average molecular weight is 328 g/mol. The maximum atomic E-state index is 11.5. The molecule has 0 atom stereocenters. The first-order valence-corrected chi connectivity index (χ1v) is 8.31. The van der Waals surface area contributed by atoms with Crippen LogP contribution in [0.5, 0.6) is 0 Å². The Bertz CT molecular complexity index is 672. The van der Waals surface area contributed by atoms with Gasteiger partial charge in [-0.1, -0.05) is 54.2 Å². The lowest BCUT2D eigenvalue weighted by Gasteiger charge is -2.04. The summed E-state index contributed by atoms with van der Waals surface area (Å²) in [7, 11) is 1.38. The van der Waals surface area contributed by atoms with Crippen LogP contribution >= 0.6 is 11.8 Å². The zero-order chi connectivity index (χ0) is 16.5. The molecule has 2 aromatic carbocycles. The Balaban J connectivity index is 1.83. The fourth-order valence-corrected chi connectivity index (χ4v) is 2.73. The van der Waals surface area contributed by atoms with Crippen molar-refractivity contribution in [2.45, 2.75) is 12.2 Å². The summed E-state index contributed by atoms with van der Waals surface area (Å²) < 4.78 is 4.72. The fourth-order valence-electron chi connectivity index (χ4n) is 2.05. The number of benzene rings is 2. The van der Waals surface area contributed by atoms with E-state index in [1.807, 2.05) is 36.4 Å². The molecule has 0 aliphatic carbocycles. The van der Waals surface area contributed by atoms with Gasteiger partial charge in [0.2, 0.25) is 0 Å². The van der Waals surface area contributed by atoms with Crippen molar-refractivity contribution in [3.63, 3.8) is 0 Å². The molecule has 120 valence electrons. The van der Waals surface area contributed by atoms with Crippen LogP contribution in [-0.2, 0) is 16.9 Å². The van der Waals surface area contributed by atoms with E-state index in [9.17, 15) is 4.79 Å². The van der Waals surface area contributed by atoms with E-state index in [0.29, 0.717) is 23.0 Å². The van der Waals surface area contributed by atoms with Crippen molar-refractivity contribution < 1.29 is 9.53 Å². The first-order valence-electron chi connectivity index (χ1n) is 7.33. The van der Waals surface area contributed by atoms with E-state index in [0.717, 1.165) is 12.0 Å². The van der Waals surface area contributed by atoms with Crippen LogP contribution in [0, 0.1) is 0 Å². The predicted octanol–water partition coefficient (Wildman–Crippen LogP) is 3.26. The second kappa shape index (κ2) is 9.00. The third-order valence-corrected chi connectivity index (χ3v) is 4.15. The molecule has 0 aliphatic heterocycles. The van der Waals surface area contributed by atoms with Crippen molar-refractivity contribution in [2.24, 2.45) is 10.7 Å². The standard InChI is InChI=1S/C18H20N2O2S/c1-22-17(21)16-9-5-8-15(12-16)13-23-18(19)20-11-10-14-6-3-2-4-7-14/h2-9,12H,10-11,13H2,1H3,(H2,19,20). The monoisotopic (exact) mass is 328 g/mol. The van der Waals surface area contributed by atoms with Gasteiger partial charge < -0.3 is 10.5 Å². The number of aliphatic imine (C=N–C) groups is 1. The number of carbonyl (C=O) groups is 1. The molecule has 0 saturated heterocycles. The van der Waals surface area contributed by atoms with E-state index in [1.54, 1.807) is 6.07 Å². The number of methoxy groups -OCH3 is 1. The van der Waals surface area contributed by atoms with Gasteiger partial charge in [-0.3, -0.25) is 4.99 Å². The molecule has 23 heavy (non-hydrogen) atoms. The topological polar surface area (TPSA) is 64.7 Å². The SMILES string of the molecule is COC(=O)c1cccc(CSC(N)=NCCc2ccccc2)c1. The largest absolute Gasteiger partial charge is 0.465 e. The van der Waals surface area contributed by atoms with E-state index in [1.165, 1.54) is 24.4 Å². The molecule has 0 radical (unpaired) electrons. The molecule has 0 fully saturated rings. The lowest BCUT2D eigenvalue weighted by molar-refractivity contribution is 0.0600. The van der Waals surface area contributed by atoms with Crippen molar-refractivity contribution >= 4 is 22.9 Å². The number of hydrogen-bond donors (Lipinski definition) is 1.